The zero-order valence-electron chi connectivity index (χ0n) is 14.7. The summed E-state index contributed by atoms with van der Waals surface area (Å²) in [5.41, 5.74) is 0.0902. The molecule has 0 atom stereocenters. The summed E-state index contributed by atoms with van der Waals surface area (Å²) in [5, 5.41) is 0. The van der Waals surface area contributed by atoms with Crippen molar-refractivity contribution in [2.75, 3.05) is 19.7 Å². The number of benzene rings is 2. The van der Waals surface area contributed by atoms with E-state index in [-0.39, 0.29) is 18.1 Å². The van der Waals surface area contributed by atoms with Crippen LogP contribution >= 0.6 is 0 Å². The highest BCUT2D eigenvalue weighted by Gasteiger charge is 2.18. The van der Waals surface area contributed by atoms with E-state index in [0.29, 0.717) is 11.3 Å². The fourth-order valence-electron chi connectivity index (χ4n) is 2.84. The first-order valence-corrected chi connectivity index (χ1v) is 8.71. The van der Waals surface area contributed by atoms with Crippen molar-refractivity contribution in [1.29, 1.82) is 0 Å². The molecule has 3 rings (SSSR count). The Kier molecular flexibility index (Phi) is 5.96. The topological polar surface area (TPSA) is 46.6 Å². The quantitative estimate of drug-likeness (QED) is 0.572. The van der Waals surface area contributed by atoms with Crippen LogP contribution in [0.4, 0.5) is 8.78 Å². The van der Waals surface area contributed by atoms with Gasteiger partial charge in [-0.05, 0) is 61.4 Å². The number of rotatable bonds is 6. The Morgan fingerprint density at radius 1 is 1.00 bits per heavy atom. The van der Waals surface area contributed by atoms with Gasteiger partial charge < -0.3 is 9.64 Å². The van der Waals surface area contributed by atoms with Crippen LogP contribution in [0.5, 0.6) is 5.75 Å². The number of halogens is 2. The molecule has 1 saturated heterocycles. The average Bonchev–Trinajstić information content (AvgIpc) is 3.21. The van der Waals surface area contributed by atoms with E-state index in [9.17, 15) is 18.4 Å². The summed E-state index contributed by atoms with van der Waals surface area (Å²) in [7, 11) is 0. The van der Waals surface area contributed by atoms with Crippen LogP contribution in [0, 0.1) is 11.6 Å². The van der Waals surface area contributed by atoms with Gasteiger partial charge in [-0.15, -0.1) is 0 Å². The summed E-state index contributed by atoms with van der Waals surface area (Å²) in [6, 6.07) is 9.77. The van der Waals surface area contributed by atoms with Crippen molar-refractivity contribution in [2.45, 2.75) is 12.8 Å². The van der Waals surface area contributed by atoms with E-state index in [1.165, 1.54) is 6.07 Å². The number of nitrogens with zero attached hydrogens (tertiary/aromatic N) is 1. The molecule has 1 fully saturated rings. The summed E-state index contributed by atoms with van der Waals surface area (Å²) in [6.07, 6.45) is 4.28. The van der Waals surface area contributed by atoms with Gasteiger partial charge in [-0.2, -0.15) is 0 Å². The monoisotopic (exact) mass is 371 g/mol. The number of carbonyl (C=O) groups excluding carboxylic acids is 2. The molecule has 0 bridgehead atoms. The minimum absolute atomic E-state index is 0.0419. The molecule has 0 saturated carbocycles. The number of likely N-dealkylation sites (tertiary alicyclic amines) is 1. The minimum Gasteiger partial charge on any atom is -0.484 e. The lowest BCUT2D eigenvalue weighted by atomic mass is 10.1. The highest BCUT2D eigenvalue weighted by molar-refractivity contribution is 6.06. The summed E-state index contributed by atoms with van der Waals surface area (Å²) < 4.78 is 32.6. The van der Waals surface area contributed by atoms with Crippen molar-refractivity contribution in [3.05, 3.63) is 71.3 Å². The van der Waals surface area contributed by atoms with Crippen molar-refractivity contribution < 1.29 is 23.1 Å². The molecule has 27 heavy (non-hydrogen) atoms. The highest BCUT2D eigenvalue weighted by atomic mass is 19.1. The smallest absolute Gasteiger partial charge is 0.260 e. The fraction of sp³-hybridized carbons (Fsp3) is 0.238. The molecule has 1 aliphatic rings. The van der Waals surface area contributed by atoms with E-state index < -0.39 is 17.4 Å². The fourth-order valence-corrected chi connectivity index (χ4v) is 2.84. The van der Waals surface area contributed by atoms with Crippen LogP contribution in [0.3, 0.4) is 0 Å². The van der Waals surface area contributed by atoms with E-state index in [2.05, 4.69) is 0 Å². The lowest BCUT2D eigenvalue weighted by Gasteiger charge is -2.15. The van der Waals surface area contributed by atoms with Gasteiger partial charge >= 0.3 is 0 Å². The molecule has 2 aromatic rings. The third-order valence-corrected chi connectivity index (χ3v) is 4.36. The molecule has 4 nitrogen and oxygen atoms in total. The van der Waals surface area contributed by atoms with E-state index in [4.69, 9.17) is 4.74 Å². The van der Waals surface area contributed by atoms with Crippen LogP contribution in [0.15, 0.2) is 48.5 Å². The number of amides is 1. The molecule has 140 valence electrons. The normalized spacial score (nSPS) is 13.9. The molecular formula is C21H19F2NO3. The summed E-state index contributed by atoms with van der Waals surface area (Å²) in [4.78, 5) is 25.9. The maximum absolute atomic E-state index is 13.6. The van der Waals surface area contributed by atoms with Gasteiger partial charge in [0.15, 0.2) is 12.4 Å². The summed E-state index contributed by atoms with van der Waals surface area (Å²) in [6.45, 7) is 1.49. The standard InChI is InChI=1S/C21H19F2NO3/c22-18-4-3-5-19(23)17(18)10-11-20(25)15-6-8-16(9-7-15)27-14-21(26)24-12-1-2-13-24/h3-11H,1-2,12-14H2/b11-10+. The number of hydrogen-bond donors (Lipinski definition) is 0. The Labute approximate surface area is 156 Å². The molecule has 1 amide bonds. The van der Waals surface area contributed by atoms with Crippen molar-refractivity contribution >= 4 is 17.8 Å². The first kappa shape index (κ1) is 18.8. The third kappa shape index (κ3) is 4.78. The molecule has 0 spiro atoms. The number of carbonyl (C=O) groups is 2. The molecule has 0 aliphatic carbocycles. The second-order valence-electron chi connectivity index (χ2n) is 6.23. The second kappa shape index (κ2) is 8.58. The van der Waals surface area contributed by atoms with Gasteiger partial charge in [0.1, 0.15) is 17.4 Å². The predicted molar refractivity (Wildman–Crippen MR) is 97.5 cm³/mol. The molecular weight excluding hydrogens is 352 g/mol. The molecule has 0 unspecified atom stereocenters. The lowest BCUT2D eigenvalue weighted by Crippen LogP contribution is -2.32. The highest BCUT2D eigenvalue weighted by Crippen LogP contribution is 2.17. The van der Waals surface area contributed by atoms with Gasteiger partial charge in [0.25, 0.3) is 5.91 Å². The molecule has 1 heterocycles. The third-order valence-electron chi connectivity index (χ3n) is 4.36. The van der Waals surface area contributed by atoms with Crippen LogP contribution in [-0.2, 0) is 4.79 Å². The average molecular weight is 371 g/mol. The Hall–Kier alpha value is -3.02. The second-order valence-corrected chi connectivity index (χ2v) is 6.23. The molecule has 0 radical (unpaired) electrons. The molecule has 0 aromatic heterocycles. The molecule has 1 aliphatic heterocycles. The van der Waals surface area contributed by atoms with Gasteiger partial charge in [-0.25, -0.2) is 8.78 Å². The van der Waals surface area contributed by atoms with Crippen molar-refractivity contribution in [3.63, 3.8) is 0 Å². The van der Waals surface area contributed by atoms with Crippen LogP contribution in [0.25, 0.3) is 6.08 Å². The summed E-state index contributed by atoms with van der Waals surface area (Å²) in [5.74, 6) is -1.43. The Morgan fingerprint density at radius 3 is 2.26 bits per heavy atom. The van der Waals surface area contributed by atoms with Gasteiger partial charge in [0.05, 0.1) is 0 Å². The number of ether oxygens (including phenoxy) is 1. The Morgan fingerprint density at radius 2 is 1.63 bits per heavy atom. The van der Waals surface area contributed by atoms with E-state index in [1.807, 2.05) is 0 Å². The van der Waals surface area contributed by atoms with Gasteiger partial charge in [0, 0.05) is 24.2 Å². The van der Waals surface area contributed by atoms with Crippen LogP contribution in [0.2, 0.25) is 0 Å². The Balaban J connectivity index is 1.58. The number of ketones is 1. The molecule has 0 N–H and O–H groups in total. The maximum atomic E-state index is 13.6. The molecule has 6 heteroatoms. The minimum atomic E-state index is -0.731. The first-order chi connectivity index (χ1) is 13.0. The van der Waals surface area contributed by atoms with Gasteiger partial charge in [-0.1, -0.05) is 6.07 Å². The predicted octanol–water partition coefficient (Wildman–Crippen LogP) is 3.86. The molecule has 2 aromatic carbocycles. The largest absolute Gasteiger partial charge is 0.484 e. The lowest BCUT2D eigenvalue weighted by molar-refractivity contribution is -0.132. The number of allylic oxidation sites excluding steroid dienone is 1. The van der Waals surface area contributed by atoms with E-state index in [0.717, 1.165) is 50.2 Å². The van der Waals surface area contributed by atoms with Gasteiger partial charge in [-0.3, -0.25) is 9.59 Å². The van der Waals surface area contributed by atoms with Crippen molar-refractivity contribution in [3.8, 4) is 5.75 Å². The van der Waals surface area contributed by atoms with Crippen LogP contribution in [0.1, 0.15) is 28.8 Å². The van der Waals surface area contributed by atoms with E-state index >= 15 is 0 Å². The Bertz CT molecular complexity index is 836. The van der Waals surface area contributed by atoms with Gasteiger partial charge in [0.2, 0.25) is 0 Å². The van der Waals surface area contributed by atoms with Crippen LogP contribution < -0.4 is 4.74 Å². The zero-order valence-corrected chi connectivity index (χ0v) is 14.7. The SMILES string of the molecule is O=C(/C=C/c1c(F)cccc1F)c1ccc(OCC(=O)N2CCCC2)cc1. The van der Waals surface area contributed by atoms with E-state index in [1.54, 1.807) is 29.2 Å². The maximum Gasteiger partial charge on any atom is 0.260 e. The van der Waals surface area contributed by atoms with Crippen LogP contribution in [-0.4, -0.2) is 36.3 Å². The zero-order chi connectivity index (χ0) is 19.2. The van der Waals surface area contributed by atoms with Crippen molar-refractivity contribution in [2.24, 2.45) is 0 Å². The van der Waals surface area contributed by atoms with Crippen molar-refractivity contribution in [1.82, 2.24) is 4.90 Å². The first-order valence-electron chi connectivity index (χ1n) is 8.71. The summed E-state index contributed by atoms with van der Waals surface area (Å²) >= 11 is 0. The number of hydrogen-bond acceptors (Lipinski definition) is 3.